The molecule has 1 amide bonds. The number of carbonyl (C=O) groups excluding carboxylic acids is 1. The zero-order valence-corrected chi connectivity index (χ0v) is 19.2. The molecule has 1 fully saturated rings. The minimum Gasteiger partial charge on any atom is -0.492 e. The Morgan fingerprint density at radius 3 is 2.42 bits per heavy atom. The van der Waals surface area contributed by atoms with E-state index in [1.165, 1.54) is 0 Å². The van der Waals surface area contributed by atoms with Crippen molar-refractivity contribution in [2.24, 2.45) is 0 Å². The third kappa shape index (κ3) is 5.77. The number of likely N-dealkylation sites (tertiary alicyclic amines) is 1. The number of para-hydroxylation sites is 2. The molecule has 1 aliphatic rings. The van der Waals surface area contributed by atoms with Gasteiger partial charge in [0.1, 0.15) is 12.3 Å². The van der Waals surface area contributed by atoms with Crippen molar-refractivity contribution in [3.05, 3.63) is 54.1 Å². The monoisotopic (exact) mass is 445 g/mol. The Bertz CT molecular complexity index is 984. The van der Waals surface area contributed by atoms with Crippen LogP contribution < -0.4 is 14.4 Å². The van der Waals surface area contributed by atoms with E-state index in [9.17, 15) is 13.2 Å². The van der Waals surface area contributed by atoms with Crippen LogP contribution in [-0.4, -0.2) is 58.6 Å². The number of anilines is 1. The van der Waals surface area contributed by atoms with Crippen molar-refractivity contribution in [2.45, 2.75) is 37.6 Å². The van der Waals surface area contributed by atoms with Gasteiger partial charge in [-0.2, -0.15) is 0 Å². The summed E-state index contributed by atoms with van der Waals surface area (Å²) in [7, 11) is -1.92. The smallest absolute Gasteiger partial charge is 0.264 e. The molecule has 0 aromatic heterocycles. The molecule has 168 valence electrons. The topological polar surface area (TPSA) is 79.0 Å². The van der Waals surface area contributed by atoms with E-state index in [4.69, 9.17) is 4.74 Å². The van der Waals surface area contributed by atoms with Crippen molar-refractivity contribution in [1.29, 1.82) is 0 Å². The minimum absolute atomic E-state index is 0.0507. The van der Waals surface area contributed by atoms with Crippen LogP contribution >= 0.6 is 0 Å². The maximum absolute atomic E-state index is 13.6. The lowest BCUT2D eigenvalue weighted by molar-refractivity contribution is -0.120. The Kier molecular flexibility index (Phi) is 7.56. The molecule has 2 aromatic carbocycles. The molecule has 3 rings (SSSR count). The normalized spacial score (nSPS) is 15.5. The van der Waals surface area contributed by atoms with Crippen molar-refractivity contribution >= 4 is 21.6 Å². The summed E-state index contributed by atoms with van der Waals surface area (Å²) in [6, 6.07) is 13.6. The number of sulfonamides is 1. The highest BCUT2D eigenvalue weighted by molar-refractivity contribution is 7.92. The maximum Gasteiger partial charge on any atom is 0.264 e. The number of nitrogens with zero attached hydrogens (tertiary/aromatic N) is 2. The summed E-state index contributed by atoms with van der Waals surface area (Å²) in [6.07, 6.45) is 1.70. The molecule has 1 saturated heterocycles. The number of piperidine rings is 1. The zero-order chi connectivity index (χ0) is 22.4. The second-order valence-corrected chi connectivity index (χ2v) is 9.73. The van der Waals surface area contributed by atoms with Gasteiger partial charge in [0.15, 0.2) is 0 Å². The lowest BCUT2D eigenvalue weighted by atomic mass is 10.1. The van der Waals surface area contributed by atoms with Gasteiger partial charge in [-0.25, -0.2) is 8.42 Å². The summed E-state index contributed by atoms with van der Waals surface area (Å²) in [5, 5.41) is 3.01. The first-order valence-corrected chi connectivity index (χ1v) is 12.0. The predicted molar refractivity (Wildman–Crippen MR) is 122 cm³/mol. The zero-order valence-electron chi connectivity index (χ0n) is 18.4. The molecule has 1 aliphatic heterocycles. The van der Waals surface area contributed by atoms with E-state index in [-0.39, 0.29) is 23.4 Å². The Labute approximate surface area is 185 Å². The second-order valence-electron chi connectivity index (χ2n) is 7.87. The van der Waals surface area contributed by atoms with Crippen LogP contribution in [0.3, 0.4) is 0 Å². The van der Waals surface area contributed by atoms with Gasteiger partial charge < -0.3 is 15.0 Å². The van der Waals surface area contributed by atoms with Crippen LogP contribution in [0.5, 0.6) is 5.75 Å². The third-order valence-electron chi connectivity index (χ3n) is 5.41. The van der Waals surface area contributed by atoms with Crippen molar-refractivity contribution in [3.63, 3.8) is 0 Å². The molecule has 0 spiro atoms. The van der Waals surface area contributed by atoms with E-state index in [2.05, 4.69) is 17.3 Å². The van der Waals surface area contributed by atoms with E-state index < -0.39 is 10.0 Å². The predicted octanol–water partition coefficient (Wildman–Crippen LogP) is 2.80. The number of ether oxygens (including phenoxy) is 1. The van der Waals surface area contributed by atoms with Crippen LogP contribution in [-0.2, 0) is 14.8 Å². The van der Waals surface area contributed by atoms with Crippen molar-refractivity contribution in [2.75, 3.05) is 37.6 Å². The Hall–Kier alpha value is -2.58. The average Bonchev–Trinajstić information content (AvgIpc) is 2.75. The molecule has 0 saturated carbocycles. The van der Waals surface area contributed by atoms with Gasteiger partial charge in [0.05, 0.1) is 17.2 Å². The number of carbonyl (C=O) groups is 1. The highest BCUT2D eigenvalue weighted by Crippen LogP contribution is 2.32. The van der Waals surface area contributed by atoms with E-state index >= 15 is 0 Å². The summed E-state index contributed by atoms with van der Waals surface area (Å²) in [5.41, 5.74) is 1.31. The van der Waals surface area contributed by atoms with Crippen LogP contribution in [0.4, 0.5) is 5.69 Å². The molecule has 1 N–H and O–H groups in total. The fourth-order valence-corrected chi connectivity index (χ4v) is 5.07. The number of aryl methyl sites for hydroxylation is 1. The van der Waals surface area contributed by atoms with Crippen molar-refractivity contribution in [3.8, 4) is 5.75 Å². The number of nitrogens with one attached hydrogen (secondary N) is 1. The fraction of sp³-hybridized carbons (Fsp3) is 0.435. The van der Waals surface area contributed by atoms with Crippen LogP contribution in [0.1, 0.15) is 25.3 Å². The van der Waals surface area contributed by atoms with Gasteiger partial charge >= 0.3 is 0 Å². The molecule has 31 heavy (non-hydrogen) atoms. The molecule has 0 bridgehead atoms. The molecule has 0 unspecified atom stereocenters. The molecule has 1 heterocycles. The highest BCUT2D eigenvalue weighted by atomic mass is 32.2. The van der Waals surface area contributed by atoms with Crippen molar-refractivity contribution < 1.29 is 17.9 Å². The number of rotatable bonds is 8. The summed E-state index contributed by atoms with van der Waals surface area (Å²) in [4.78, 5) is 15.3. The largest absolute Gasteiger partial charge is 0.492 e. The molecule has 0 aliphatic carbocycles. The summed E-state index contributed by atoms with van der Waals surface area (Å²) >= 11 is 0. The minimum atomic E-state index is -3.97. The summed E-state index contributed by atoms with van der Waals surface area (Å²) < 4.78 is 33.9. The van der Waals surface area contributed by atoms with Gasteiger partial charge in [-0.3, -0.25) is 9.10 Å². The number of benzene rings is 2. The lowest BCUT2D eigenvalue weighted by Gasteiger charge is -2.31. The lowest BCUT2D eigenvalue weighted by Crippen LogP contribution is -2.47. The molecule has 0 atom stereocenters. The fourth-order valence-electron chi connectivity index (χ4n) is 3.63. The second kappa shape index (κ2) is 10.2. The van der Waals surface area contributed by atoms with E-state index in [0.717, 1.165) is 35.8 Å². The maximum atomic E-state index is 13.6. The van der Waals surface area contributed by atoms with E-state index in [1.54, 1.807) is 48.5 Å². The first-order chi connectivity index (χ1) is 14.8. The molecule has 0 radical (unpaired) electrons. The molecular formula is C23H31N3O4S. The SMILES string of the molecule is CCOc1ccccc1N(CC(=O)NC1CCN(C)CC1)S(=O)(=O)c1ccc(C)cc1. The van der Waals surface area contributed by atoms with Crippen LogP contribution in [0.15, 0.2) is 53.4 Å². The third-order valence-corrected chi connectivity index (χ3v) is 7.19. The Balaban J connectivity index is 1.91. The first kappa shape index (κ1) is 23.1. The summed E-state index contributed by atoms with van der Waals surface area (Å²) in [6.45, 7) is 5.62. The highest BCUT2D eigenvalue weighted by Gasteiger charge is 2.30. The molecule has 2 aromatic rings. The Morgan fingerprint density at radius 1 is 1.13 bits per heavy atom. The molecular weight excluding hydrogens is 414 g/mol. The number of hydrogen-bond acceptors (Lipinski definition) is 5. The number of amides is 1. The van der Waals surface area contributed by atoms with Crippen molar-refractivity contribution in [1.82, 2.24) is 10.2 Å². The molecule has 8 heteroatoms. The van der Waals surface area contributed by atoms with Gasteiger partial charge in [-0.1, -0.05) is 29.8 Å². The van der Waals surface area contributed by atoms with E-state index in [0.29, 0.717) is 18.0 Å². The van der Waals surface area contributed by atoms with Gasteiger partial charge in [0, 0.05) is 6.04 Å². The quantitative estimate of drug-likeness (QED) is 0.676. The van der Waals surface area contributed by atoms with Crippen LogP contribution in [0.25, 0.3) is 0 Å². The number of hydrogen-bond donors (Lipinski definition) is 1. The first-order valence-electron chi connectivity index (χ1n) is 10.6. The Morgan fingerprint density at radius 2 is 1.77 bits per heavy atom. The van der Waals surface area contributed by atoms with Gasteiger partial charge in [-0.05, 0) is 71.1 Å². The average molecular weight is 446 g/mol. The van der Waals surface area contributed by atoms with Gasteiger partial charge in [-0.15, -0.1) is 0 Å². The standard InChI is InChI=1S/C23H31N3O4S/c1-4-30-22-8-6-5-7-21(22)26(31(28,29)20-11-9-18(2)10-12-20)17-23(27)24-19-13-15-25(3)16-14-19/h5-12,19H,4,13-17H2,1-3H3,(H,24,27). The van der Waals surface area contributed by atoms with Crippen LogP contribution in [0, 0.1) is 6.92 Å². The molecule has 7 nitrogen and oxygen atoms in total. The van der Waals surface area contributed by atoms with Crippen LogP contribution in [0.2, 0.25) is 0 Å². The summed E-state index contributed by atoms with van der Waals surface area (Å²) in [5.74, 6) is 0.101. The van der Waals surface area contributed by atoms with E-state index in [1.807, 2.05) is 13.8 Å². The van der Waals surface area contributed by atoms with Gasteiger partial charge in [0.25, 0.3) is 10.0 Å². The van der Waals surface area contributed by atoms with Gasteiger partial charge in [0.2, 0.25) is 5.91 Å².